The van der Waals surface area contributed by atoms with E-state index in [2.05, 4.69) is 4.98 Å². The molecule has 126 valence electrons. The van der Waals surface area contributed by atoms with Gasteiger partial charge >= 0.3 is 6.18 Å². The van der Waals surface area contributed by atoms with E-state index >= 15 is 0 Å². The van der Waals surface area contributed by atoms with E-state index in [0.717, 1.165) is 17.8 Å². The molecule has 0 fully saturated rings. The molecular formula is C15H18F3N3OS. The Labute approximate surface area is 135 Å². The lowest BCUT2D eigenvalue weighted by Crippen LogP contribution is -2.20. The fourth-order valence-corrected chi connectivity index (χ4v) is 2.75. The van der Waals surface area contributed by atoms with Gasteiger partial charge in [0, 0.05) is 23.1 Å². The summed E-state index contributed by atoms with van der Waals surface area (Å²) in [6.45, 7) is 3.75. The highest BCUT2D eigenvalue weighted by Gasteiger charge is 2.30. The molecule has 8 heteroatoms. The van der Waals surface area contributed by atoms with Crippen LogP contribution in [0.15, 0.2) is 36.8 Å². The Morgan fingerprint density at radius 3 is 2.39 bits per heavy atom. The SMILES string of the molecule is CC(C[C@H](C)c1cn(-c2ccc(C(F)(F)F)cc2)cn1)S(N)=O. The van der Waals surface area contributed by atoms with E-state index in [1.54, 1.807) is 24.0 Å². The molecule has 0 aliphatic rings. The van der Waals surface area contributed by atoms with Crippen LogP contribution in [0.5, 0.6) is 0 Å². The van der Waals surface area contributed by atoms with Crippen LogP contribution in [0.1, 0.15) is 37.4 Å². The van der Waals surface area contributed by atoms with Crippen LogP contribution >= 0.6 is 0 Å². The highest BCUT2D eigenvalue weighted by molar-refractivity contribution is 7.83. The Hall–Kier alpha value is -1.67. The first kappa shape index (κ1) is 17.7. The van der Waals surface area contributed by atoms with Crippen molar-refractivity contribution in [2.24, 2.45) is 5.14 Å². The van der Waals surface area contributed by atoms with E-state index in [1.165, 1.54) is 12.1 Å². The van der Waals surface area contributed by atoms with Crippen molar-refractivity contribution in [1.29, 1.82) is 0 Å². The lowest BCUT2D eigenvalue weighted by atomic mass is 10.0. The minimum Gasteiger partial charge on any atom is -0.306 e. The molecule has 2 rings (SSSR count). The summed E-state index contributed by atoms with van der Waals surface area (Å²) in [4.78, 5) is 4.28. The molecule has 0 aliphatic heterocycles. The van der Waals surface area contributed by atoms with Gasteiger partial charge in [-0.1, -0.05) is 6.92 Å². The third-order valence-electron chi connectivity index (χ3n) is 3.68. The van der Waals surface area contributed by atoms with E-state index in [0.29, 0.717) is 12.1 Å². The fraction of sp³-hybridized carbons (Fsp3) is 0.400. The maximum atomic E-state index is 12.6. The van der Waals surface area contributed by atoms with Gasteiger partial charge in [0.25, 0.3) is 0 Å². The Kier molecular flexibility index (Phi) is 5.26. The second kappa shape index (κ2) is 6.84. The summed E-state index contributed by atoms with van der Waals surface area (Å²) < 4.78 is 50.6. The zero-order valence-electron chi connectivity index (χ0n) is 12.7. The van der Waals surface area contributed by atoms with Crippen molar-refractivity contribution in [2.45, 2.75) is 37.6 Å². The minimum absolute atomic E-state index is 0.0493. The van der Waals surface area contributed by atoms with Gasteiger partial charge in [-0.25, -0.2) is 9.19 Å². The van der Waals surface area contributed by atoms with Crippen LogP contribution < -0.4 is 5.14 Å². The number of halogens is 3. The molecule has 0 spiro atoms. The zero-order valence-corrected chi connectivity index (χ0v) is 13.6. The third kappa shape index (κ3) is 4.42. The normalized spacial score (nSPS) is 16.1. The first-order valence-electron chi connectivity index (χ1n) is 7.05. The quantitative estimate of drug-likeness (QED) is 0.903. The monoisotopic (exact) mass is 345 g/mol. The number of benzene rings is 1. The van der Waals surface area contributed by atoms with Crippen LogP contribution in [0.4, 0.5) is 13.2 Å². The van der Waals surface area contributed by atoms with Gasteiger partial charge in [-0.2, -0.15) is 13.2 Å². The van der Waals surface area contributed by atoms with E-state index < -0.39 is 22.7 Å². The number of hydrogen-bond donors (Lipinski definition) is 1. The fourth-order valence-electron chi connectivity index (χ4n) is 2.27. The molecule has 1 heterocycles. The maximum Gasteiger partial charge on any atom is 0.416 e. The van der Waals surface area contributed by atoms with Crippen LogP contribution in [0, 0.1) is 0 Å². The molecule has 3 atom stereocenters. The van der Waals surface area contributed by atoms with Crippen molar-refractivity contribution >= 4 is 11.0 Å². The molecule has 0 amide bonds. The van der Waals surface area contributed by atoms with Crippen LogP contribution in [0.25, 0.3) is 5.69 Å². The largest absolute Gasteiger partial charge is 0.416 e. The highest BCUT2D eigenvalue weighted by atomic mass is 32.2. The summed E-state index contributed by atoms with van der Waals surface area (Å²) in [7, 11) is -1.39. The lowest BCUT2D eigenvalue weighted by molar-refractivity contribution is -0.137. The molecule has 0 radical (unpaired) electrons. The van der Waals surface area contributed by atoms with Crippen molar-refractivity contribution in [2.75, 3.05) is 0 Å². The third-order valence-corrected chi connectivity index (χ3v) is 4.67. The number of hydrogen-bond acceptors (Lipinski definition) is 2. The van der Waals surface area contributed by atoms with Crippen molar-refractivity contribution in [3.05, 3.63) is 48.0 Å². The summed E-state index contributed by atoms with van der Waals surface area (Å²) in [6.07, 6.45) is -0.411. The summed E-state index contributed by atoms with van der Waals surface area (Å²) in [5.74, 6) is 0.0493. The molecule has 2 N–H and O–H groups in total. The molecule has 0 saturated heterocycles. The van der Waals surface area contributed by atoms with Gasteiger partial charge in [0.2, 0.25) is 0 Å². The van der Waals surface area contributed by atoms with Gasteiger partial charge in [-0.05, 0) is 37.6 Å². The second-order valence-corrected chi connectivity index (χ2v) is 6.99. The number of alkyl halides is 3. The Balaban J connectivity index is 2.14. The molecule has 1 aromatic heterocycles. The van der Waals surface area contributed by atoms with Gasteiger partial charge in [-0.3, -0.25) is 5.14 Å². The van der Waals surface area contributed by atoms with E-state index in [-0.39, 0.29) is 11.2 Å². The van der Waals surface area contributed by atoms with E-state index in [1.807, 2.05) is 6.92 Å². The van der Waals surface area contributed by atoms with Gasteiger partial charge in [-0.15, -0.1) is 0 Å². The van der Waals surface area contributed by atoms with Gasteiger partial charge in [0.1, 0.15) is 0 Å². The van der Waals surface area contributed by atoms with Crippen LogP contribution in [-0.2, 0) is 17.2 Å². The average Bonchev–Trinajstić information content (AvgIpc) is 2.96. The van der Waals surface area contributed by atoms with Crippen molar-refractivity contribution < 1.29 is 17.4 Å². The highest BCUT2D eigenvalue weighted by Crippen LogP contribution is 2.30. The van der Waals surface area contributed by atoms with Crippen LogP contribution in [-0.4, -0.2) is 19.0 Å². The summed E-state index contributed by atoms with van der Waals surface area (Å²) in [5, 5.41) is 5.21. The van der Waals surface area contributed by atoms with Crippen LogP contribution in [0.2, 0.25) is 0 Å². The second-order valence-electron chi connectivity index (χ2n) is 5.53. The summed E-state index contributed by atoms with van der Waals surface area (Å²) in [5.41, 5.74) is 0.691. The number of imidazole rings is 1. The van der Waals surface area contributed by atoms with Crippen molar-refractivity contribution in [1.82, 2.24) is 9.55 Å². The Bertz CT molecular complexity index is 682. The number of rotatable bonds is 5. The zero-order chi connectivity index (χ0) is 17.2. The minimum atomic E-state index is -4.35. The predicted octanol–water partition coefficient (Wildman–Crippen LogP) is 3.40. The molecular weight excluding hydrogens is 327 g/mol. The topological polar surface area (TPSA) is 60.9 Å². The number of nitrogens with two attached hydrogens (primary N) is 1. The molecule has 23 heavy (non-hydrogen) atoms. The van der Waals surface area contributed by atoms with Crippen molar-refractivity contribution in [3.63, 3.8) is 0 Å². The van der Waals surface area contributed by atoms with Crippen molar-refractivity contribution in [3.8, 4) is 5.69 Å². The molecule has 0 aliphatic carbocycles. The first-order valence-corrected chi connectivity index (χ1v) is 8.32. The molecule has 2 unspecified atom stereocenters. The summed E-state index contributed by atoms with van der Waals surface area (Å²) >= 11 is 0. The molecule has 0 bridgehead atoms. The lowest BCUT2D eigenvalue weighted by Gasteiger charge is -2.13. The smallest absolute Gasteiger partial charge is 0.306 e. The Morgan fingerprint density at radius 1 is 1.26 bits per heavy atom. The molecule has 1 aromatic carbocycles. The van der Waals surface area contributed by atoms with Crippen LogP contribution in [0.3, 0.4) is 0 Å². The van der Waals surface area contributed by atoms with E-state index in [4.69, 9.17) is 5.14 Å². The molecule has 0 saturated carbocycles. The standard InChI is InChI=1S/C15H18F3N3OS/c1-10(7-11(2)23(19)22)14-8-21(9-20-14)13-5-3-12(4-6-13)15(16,17)18/h3-6,8-11H,7,19H2,1-2H3/t10-,11?,23?/m0/s1. The number of nitrogens with zero attached hydrogens (tertiary/aromatic N) is 2. The summed E-state index contributed by atoms with van der Waals surface area (Å²) in [6, 6.07) is 4.88. The molecule has 2 aromatic rings. The average molecular weight is 345 g/mol. The maximum absolute atomic E-state index is 12.6. The van der Waals surface area contributed by atoms with Gasteiger partial charge in [0.15, 0.2) is 0 Å². The first-order chi connectivity index (χ1) is 10.7. The molecule has 4 nitrogen and oxygen atoms in total. The van der Waals surface area contributed by atoms with E-state index in [9.17, 15) is 17.4 Å². The van der Waals surface area contributed by atoms with Gasteiger partial charge in [0.05, 0.1) is 28.6 Å². The number of aromatic nitrogens is 2. The predicted molar refractivity (Wildman–Crippen MR) is 83.4 cm³/mol. The van der Waals surface area contributed by atoms with Gasteiger partial charge < -0.3 is 4.57 Å². The Morgan fingerprint density at radius 2 is 1.87 bits per heavy atom.